The van der Waals surface area contributed by atoms with Crippen molar-refractivity contribution in [2.45, 2.75) is 20.8 Å². The Morgan fingerprint density at radius 3 is 2.46 bits per heavy atom. The number of aromatic nitrogens is 3. The monoisotopic (exact) mass is 526 g/mol. The number of pyridine rings is 1. The van der Waals surface area contributed by atoms with E-state index in [0.29, 0.717) is 39.7 Å². The molecule has 0 aliphatic rings. The average Bonchev–Trinajstić information content (AvgIpc) is 3.47. The van der Waals surface area contributed by atoms with Crippen LogP contribution in [0.4, 0.5) is 20.2 Å². The standard InChI is InChI=1S/C25H20F2N4O5S/c1-13-10-19(18-8-9-28-25(18)30(13)32)20-12-17(31(37(33)34)24-14(2)29-36-15(24)3)5-7-22(20)35-23-6-4-16(26)11-21(23)27/h4-12,28,37H,1-3H3. The van der Waals surface area contributed by atoms with Gasteiger partial charge in [0.25, 0.3) is 5.65 Å². The number of ether oxygens (including phenoxy) is 1. The molecule has 12 heteroatoms. The van der Waals surface area contributed by atoms with E-state index in [1.165, 1.54) is 12.1 Å². The zero-order valence-corrected chi connectivity index (χ0v) is 20.7. The van der Waals surface area contributed by atoms with Gasteiger partial charge in [-0.25, -0.2) is 31.2 Å². The molecule has 0 aliphatic carbocycles. The van der Waals surface area contributed by atoms with Crippen molar-refractivity contribution in [2.75, 3.05) is 4.31 Å². The van der Waals surface area contributed by atoms with Crippen molar-refractivity contribution >= 4 is 33.3 Å². The van der Waals surface area contributed by atoms with E-state index in [2.05, 4.69) is 10.1 Å². The van der Waals surface area contributed by atoms with Crippen LogP contribution >= 0.6 is 0 Å². The lowest BCUT2D eigenvalue weighted by Crippen LogP contribution is -2.31. The van der Waals surface area contributed by atoms with E-state index in [1.54, 1.807) is 45.2 Å². The highest BCUT2D eigenvalue weighted by Gasteiger charge is 2.24. The highest BCUT2D eigenvalue weighted by Crippen LogP contribution is 2.42. The quantitative estimate of drug-likeness (QED) is 0.180. The van der Waals surface area contributed by atoms with Gasteiger partial charge in [-0.05, 0) is 63.2 Å². The second kappa shape index (κ2) is 9.21. The van der Waals surface area contributed by atoms with Gasteiger partial charge in [0.2, 0.25) is 10.9 Å². The molecule has 0 bridgehead atoms. The molecule has 0 unspecified atom stereocenters. The summed E-state index contributed by atoms with van der Waals surface area (Å²) < 4.78 is 65.5. The van der Waals surface area contributed by atoms with Crippen LogP contribution in [-0.4, -0.2) is 18.6 Å². The van der Waals surface area contributed by atoms with Gasteiger partial charge in [-0.3, -0.25) is 0 Å². The van der Waals surface area contributed by atoms with Gasteiger partial charge in [-0.2, -0.15) is 0 Å². The molecule has 5 aromatic rings. The number of aryl methyl sites for hydroxylation is 3. The Morgan fingerprint density at radius 2 is 1.78 bits per heavy atom. The molecule has 1 N–H and O–H groups in total. The van der Waals surface area contributed by atoms with E-state index < -0.39 is 22.5 Å². The fourth-order valence-corrected chi connectivity index (χ4v) is 4.96. The average molecular weight is 527 g/mol. The minimum absolute atomic E-state index is 0.152. The summed E-state index contributed by atoms with van der Waals surface area (Å²) in [7, 11) is -3.18. The molecule has 0 saturated carbocycles. The lowest BCUT2D eigenvalue weighted by atomic mass is 10.0. The number of thiol groups is 1. The highest BCUT2D eigenvalue weighted by atomic mass is 32.2. The number of nitrogens with zero attached hydrogens (tertiary/aromatic N) is 3. The van der Waals surface area contributed by atoms with Crippen molar-refractivity contribution in [1.82, 2.24) is 10.1 Å². The van der Waals surface area contributed by atoms with Gasteiger partial charge in [0.15, 0.2) is 17.3 Å². The molecule has 0 atom stereocenters. The van der Waals surface area contributed by atoms with Crippen LogP contribution < -0.4 is 13.8 Å². The second-order valence-corrected chi connectivity index (χ2v) is 9.19. The molecule has 0 spiro atoms. The molecule has 0 radical (unpaired) electrons. The molecular weight excluding hydrogens is 506 g/mol. The summed E-state index contributed by atoms with van der Waals surface area (Å²) in [4.78, 5) is 2.90. The molecule has 0 fully saturated rings. The summed E-state index contributed by atoms with van der Waals surface area (Å²) in [5.41, 5.74) is 2.37. The lowest BCUT2D eigenvalue weighted by molar-refractivity contribution is -0.586. The fraction of sp³-hybridized carbons (Fsp3) is 0.120. The number of aromatic amines is 1. The van der Waals surface area contributed by atoms with E-state index in [4.69, 9.17) is 9.26 Å². The Balaban J connectivity index is 1.76. The molecule has 5 rings (SSSR count). The van der Waals surface area contributed by atoms with E-state index in [1.807, 2.05) is 0 Å². The maximum absolute atomic E-state index is 14.5. The maximum Gasteiger partial charge on any atom is 0.290 e. The zero-order valence-electron chi connectivity index (χ0n) is 19.8. The molecule has 2 aromatic carbocycles. The smallest absolute Gasteiger partial charge is 0.290 e. The number of hydrogen-bond donors (Lipinski definition) is 2. The Morgan fingerprint density at radius 1 is 1.03 bits per heavy atom. The maximum atomic E-state index is 14.5. The number of fused-ring (bicyclic) bond motifs is 1. The van der Waals surface area contributed by atoms with Crippen molar-refractivity contribution in [3.05, 3.63) is 88.7 Å². The molecule has 0 saturated heterocycles. The molecule has 3 heterocycles. The molecular formula is C25H20F2N4O5S. The molecule has 9 nitrogen and oxygen atoms in total. The van der Waals surface area contributed by atoms with Crippen LogP contribution in [0, 0.1) is 37.6 Å². The Hall–Kier alpha value is -4.45. The summed E-state index contributed by atoms with van der Waals surface area (Å²) in [6.45, 7) is 4.82. The molecule has 37 heavy (non-hydrogen) atoms. The van der Waals surface area contributed by atoms with Crippen LogP contribution in [0.2, 0.25) is 0 Å². The van der Waals surface area contributed by atoms with Gasteiger partial charge in [0.1, 0.15) is 28.6 Å². The lowest BCUT2D eigenvalue weighted by Gasteiger charge is -2.20. The van der Waals surface area contributed by atoms with Crippen molar-refractivity contribution in [3.8, 4) is 22.6 Å². The van der Waals surface area contributed by atoms with Crippen LogP contribution in [-0.2, 0) is 10.9 Å². The van der Waals surface area contributed by atoms with Crippen molar-refractivity contribution in [1.29, 1.82) is 0 Å². The number of rotatable bonds is 6. The van der Waals surface area contributed by atoms with Gasteiger partial charge < -0.3 is 14.5 Å². The molecule has 0 aliphatic heterocycles. The van der Waals surface area contributed by atoms with E-state index in [0.717, 1.165) is 21.2 Å². The van der Waals surface area contributed by atoms with E-state index in [-0.39, 0.29) is 28.5 Å². The minimum Gasteiger partial charge on any atom is -0.710 e. The summed E-state index contributed by atoms with van der Waals surface area (Å²) in [5, 5.41) is 17.0. The summed E-state index contributed by atoms with van der Waals surface area (Å²) in [6, 6.07) is 10.7. The predicted octanol–water partition coefficient (Wildman–Crippen LogP) is 5.12. The van der Waals surface area contributed by atoms with Crippen LogP contribution in [0.1, 0.15) is 17.1 Å². The van der Waals surface area contributed by atoms with Crippen molar-refractivity contribution < 1.29 is 31.2 Å². The first-order valence-electron chi connectivity index (χ1n) is 11.0. The molecule has 3 aromatic heterocycles. The predicted molar refractivity (Wildman–Crippen MR) is 132 cm³/mol. The number of nitrogens with one attached hydrogen (secondary N) is 1. The van der Waals surface area contributed by atoms with Crippen molar-refractivity contribution in [3.63, 3.8) is 0 Å². The largest absolute Gasteiger partial charge is 0.710 e. The number of hydrogen-bond acceptors (Lipinski definition) is 6. The third kappa shape index (κ3) is 4.25. The Kier molecular flexibility index (Phi) is 6.04. The van der Waals surface area contributed by atoms with Gasteiger partial charge in [-0.1, -0.05) is 5.16 Å². The Bertz CT molecular complexity index is 1720. The topological polar surface area (TPSA) is 115 Å². The van der Waals surface area contributed by atoms with Crippen LogP contribution in [0.3, 0.4) is 0 Å². The fourth-order valence-electron chi connectivity index (χ4n) is 4.20. The summed E-state index contributed by atoms with van der Waals surface area (Å²) in [5.74, 6) is -1.46. The number of anilines is 2. The SMILES string of the molecule is Cc1noc(C)c1N(c1ccc(Oc2ccc(F)cc2F)c(-c2cc(C)[n+]([O-])c3[nH]ccc23)c1)[SH](=O)=O. The van der Waals surface area contributed by atoms with Crippen LogP contribution in [0.25, 0.3) is 22.2 Å². The minimum atomic E-state index is -3.18. The first-order chi connectivity index (χ1) is 17.7. The third-order valence-corrected chi connectivity index (χ3v) is 6.63. The normalized spacial score (nSPS) is 11.4. The van der Waals surface area contributed by atoms with E-state index in [9.17, 15) is 22.4 Å². The second-order valence-electron chi connectivity index (χ2n) is 8.31. The van der Waals surface area contributed by atoms with Gasteiger partial charge >= 0.3 is 0 Å². The Labute approximate surface area is 211 Å². The molecule has 190 valence electrons. The van der Waals surface area contributed by atoms with Gasteiger partial charge in [-0.15, -0.1) is 0 Å². The van der Waals surface area contributed by atoms with Gasteiger partial charge in [0, 0.05) is 17.2 Å². The molecule has 0 amide bonds. The summed E-state index contributed by atoms with van der Waals surface area (Å²) >= 11 is 0. The zero-order chi connectivity index (χ0) is 26.4. The van der Waals surface area contributed by atoms with Crippen LogP contribution in [0.5, 0.6) is 11.5 Å². The third-order valence-electron chi connectivity index (χ3n) is 5.87. The van der Waals surface area contributed by atoms with Gasteiger partial charge in [0.05, 0.1) is 17.3 Å². The first kappa shape index (κ1) is 24.3. The number of halogens is 2. The van der Waals surface area contributed by atoms with Crippen LogP contribution in [0.15, 0.2) is 59.3 Å². The number of benzene rings is 2. The van der Waals surface area contributed by atoms with E-state index >= 15 is 0 Å². The highest BCUT2D eigenvalue weighted by molar-refractivity contribution is 7.74. The number of H-pyrrole nitrogens is 1. The summed E-state index contributed by atoms with van der Waals surface area (Å²) in [6.07, 6.45) is 1.59. The first-order valence-corrected chi connectivity index (χ1v) is 12.1. The van der Waals surface area contributed by atoms with Crippen molar-refractivity contribution in [2.24, 2.45) is 0 Å².